The molecule has 1 aliphatic heterocycles. The summed E-state index contributed by atoms with van der Waals surface area (Å²) in [6.07, 6.45) is 1.42. The Morgan fingerprint density at radius 3 is 2.67 bits per heavy atom. The number of hydrogen-bond donors (Lipinski definition) is 2. The maximum absolute atomic E-state index is 14.8. The molecule has 0 unspecified atom stereocenters. The Balaban J connectivity index is 1.85. The van der Waals surface area contributed by atoms with E-state index in [0.717, 1.165) is 18.9 Å². The molecule has 1 aromatic carbocycles. The highest BCUT2D eigenvalue weighted by atomic mass is 19.1. The highest BCUT2D eigenvalue weighted by molar-refractivity contribution is 5.85. The summed E-state index contributed by atoms with van der Waals surface area (Å²) in [6.45, 7) is 0.892. The largest absolute Gasteiger partial charge is 0.511 e. The topological polar surface area (TPSA) is 107 Å². The van der Waals surface area contributed by atoms with Gasteiger partial charge < -0.3 is 29.8 Å². The Morgan fingerprint density at radius 2 is 2.07 bits per heavy atom. The van der Waals surface area contributed by atoms with E-state index in [9.17, 15) is 14.0 Å². The number of nitrogens with zero attached hydrogens (tertiary/aromatic N) is 2. The van der Waals surface area contributed by atoms with Gasteiger partial charge in [0.15, 0.2) is 5.75 Å². The SMILES string of the molecule is CO[C@@H]1CN(c2cc3c(cc2F)c(=O)c(OC(=O)O)cn3C2CC2)C[C@@H]1N. The second-order valence-corrected chi connectivity index (χ2v) is 6.99. The summed E-state index contributed by atoms with van der Waals surface area (Å²) < 4.78 is 26.5. The lowest BCUT2D eigenvalue weighted by molar-refractivity contribution is 0.108. The summed E-state index contributed by atoms with van der Waals surface area (Å²) in [5.74, 6) is -0.893. The predicted octanol–water partition coefficient (Wildman–Crippen LogP) is 1.69. The van der Waals surface area contributed by atoms with E-state index in [1.807, 2.05) is 0 Å². The quantitative estimate of drug-likeness (QED) is 0.781. The molecule has 2 atom stereocenters. The van der Waals surface area contributed by atoms with Crippen LogP contribution in [0.15, 0.2) is 23.1 Å². The number of fused-ring (bicyclic) bond motifs is 1. The summed E-state index contributed by atoms with van der Waals surface area (Å²) >= 11 is 0. The second kappa shape index (κ2) is 6.50. The van der Waals surface area contributed by atoms with Gasteiger partial charge in [-0.1, -0.05) is 0 Å². The van der Waals surface area contributed by atoms with Crippen LogP contribution >= 0.6 is 0 Å². The molecule has 0 spiro atoms. The number of hydrogen-bond acceptors (Lipinski definition) is 6. The van der Waals surface area contributed by atoms with E-state index >= 15 is 0 Å². The maximum Gasteiger partial charge on any atom is 0.511 e. The van der Waals surface area contributed by atoms with Gasteiger partial charge in [0.1, 0.15) is 5.82 Å². The number of methoxy groups -OCH3 is 1. The van der Waals surface area contributed by atoms with Crippen LogP contribution in [0.4, 0.5) is 14.9 Å². The number of aromatic nitrogens is 1. The molecule has 3 N–H and O–H groups in total. The van der Waals surface area contributed by atoms with Gasteiger partial charge in [-0.05, 0) is 25.0 Å². The molecule has 9 heteroatoms. The average Bonchev–Trinajstić information content (AvgIpc) is 3.39. The van der Waals surface area contributed by atoms with Crippen LogP contribution in [0.3, 0.4) is 0 Å². The number of halogens is 1. The summed E-state index contributed by atoms with van der Waals surface area (Å²) in [6, 6.07) is 2.67. The molecule has 1 saturated heterocycles. The molecule has 2 aliphatic rings. The van der Waals surface area contributed by atoms with Crippen LogP contribution in [-0.4, -0.2) is 48.2 Å². The molecule has 1 saturated carbocycles. The van der Waals surface area contributed by atoms with E-state index in [-0.39, 0.29) is 29.3 Å². The zero-order valence-electron chi connectivity index (χ0n) is 14.7. The van der Waals surface area contributed by atoms with Gasteiger partial charge in [-0.3, -0.25) is 4.79 Å². The van der Waals surface area contributed by atoms with E-state index in [1.165, 1.54) is 6.20 Å². The van der Waals surface area contributed by atoms with Crippen molar-refractivity contribution in [1.29, 1.82) is 0 Å². The number of carboxylic acid groups (broad SMARTS) is 1. The van der Waals surface area contributed by atoms with Gasteiger partial charge in [0.25, 0.3) is 0 Å². The maximum atomic E-state index is 14.8. The van der Waals surface area contributed by atoms with Crippen molar-refractivity contribution in [3.05, 3.63) is 34.4 Å². The second-order valence-electron chi connectivity index (χ2n) is 6.99. The van der Waals surface area contributed by atoms with Gasteiger partial charge in [0, 0.05) is 26.2 Å². The van der Waals surface area contributed by atoms with Gasteiger partial charge in [-0.25, -0.2) is 9.18 Å². The molecule has 2 aromatic rings. The lowest BCUT2D eigenvalue weighted by atomic mass is 10.1. The number of rotatable bonds is 4. The summed E-state index contributed by atoms with van der Waals surface area (Å²) in [5.41, 5.74) is 6.28. The van der Waals surface area contributed by atoms with Gasteiger partial charge in [-0.2, -0.15) is 0 Å². The van der Waals surface area contributed by atoms with E-state index in [4.69, 9.17) is 15.6 Å². The average molecular weight is 377 g/mol. The fraction of sp³-hybridized carbons (Fsp3) is 0.444. The minimum atomic E-state index is -1.58. The summed E-state index contributed by atoms with van der Waals surface area (Å²) in [7, 11) is 1.57. The van der Waals surface area contributed by atoms with Gasteiger partial charge in [-0.15, -0.1) is 0 Å². The molecule has 2 heterocycles. The molecule has 1 aliphatic carbocycles. The normalized spacial score (nSPS) is 22.4. The van der Waals surface area contributed by atoms with Crippen LogP contribution in [0.5, 0.6) is 5.75 Å². The summed E-state index contributed by atoms with van der Waals surface area (Å²) in [5, 5.41) is 8.94. The summed E-state index contributed by atoms with van der Waals surface area (Å²) in [4.78, 5) is 25.2. The lowest BCUT2D eigenvalue weighted by Crippen LogP contribution is -2.34. The molecule has 2 fully saturated rings. The molecule has 0 amide bonds. The van der Waals surface area contributed by atoms with Gasteiger partial charge in [0.2, 0.25) is 5.43 Å². The molecule has 4 rings (SSSR count). The molecule has 1 aromatic heterocycles. The molecule has 27 heavy (non-hydrogen) atoms. The van der Waals surface area contributed by atoms with E-state index in [1.54, 1.807) is 22.6 Å². The van der Waals surface area contributed by atoms with Crippen molar-refractivity contribution in [2.45, 2.75) is 31.0 Å². The molecular formula is C18H20FN3O5. The number of anilines is 1. The van der Waals surface area contributed by atoms with Crippen LogP contribution in [0.1, 0.15) is 18.9 Å². The van der Waals surface area contributed by atoms with Crippen LogP contribution in [-0.2, 0) is 4.74 Å². The van der Waals surface area contributed by atoms with Crippen LogP contribution in [0.2, 0.25) is 0 Å². The van der Waals surface area contributed by atoms with Gasteiger partial charge >= 0.3 is 6.16 Å². The fourth-order valence-corrected chi connectivity index (χ4v) is 3.64. The third-order valence-electron chi connectivity index (χ3n) is 5.16. The minimum absolute atomic E-state index is 0.0914. The van der Waals surface area contributed by atoms with Crippen LogP contribution < -0.4 is 20.8 Å². The molecule has 0 radical (unpaired) electrons. The number of carbonyl (C=O) groups is 1. The molecule has 0 bridgehead atoms. The highest BCUT2D eigenvalue weighted by Crippen LogP contribution is 2.39. The monoisotopic (exact) mass is 377 g/mol. The first-order valence-electron chi connectivity index (χ1n) is 8.71. The van der Waals surface area contributed by atoms with Crippen molar-refractivity contribution in [1.82, 2.24) is 4.57 Å². The predicted molar refractivity (Wildman–Crippen MR) is 96.1 cm³/mol. The van der Waals surface area contributed by atoms with Crippen molar-refractivity contribution in [3.63, 3.8) is 0 Å². The highest BCUT2D eigenvalue weighted by Gasteiger charge is 2.33. The molecule has 144 valence electrons. The Kier molecular flexibility index (Phi) is 4.27. The van der Waals surface area contributed by atoms with E-state index in [0.29, 0.717) is 24.3 Å². The number of ether oxygens (including phenoxy) is 2. The first-order chi connectivity index (χ1) is 12.9. The van der Waals surface area contributed by atoms with E-state index < -0.39 is 17.4 Å². The van der Waals surface area contributed by atoms with Crippen molar-refractivity contribution in [3.8, 4) is 5.75 Å². The Bertz CT molecular complexity index is 972. The zero-order valence-corrected chi connectivity index (χ0v) is 14.7. The van der Waals surface area contributed by atoms with E-state index in [2.05, 4.69) is 4.74 Å². The first-order valence-corrected chi connectivity index (χ1v) is 8.71. The molecular weight excluding hydrogens is 357 g/mol. The fourth-order valence-electron chi connectivity index (χ4n) is 3.64. The lowest BCUT2D eigenvalue weighted by Gasteiger charge is -2.21. The standard InChI is InChI=1S/C18H20FN3O5/c1-26-15-7-21(6-12(15)20)14-5-13-10(4-11(14)19)17(23)16(27-18(24)25)8-22(13)9-2-3-9/h4-5,8-9,12,15H,2-3,6-7,20H2,1H3,(H,24,25)/t12-,15+/m0/s1. The minimum Gasteiger partial charge on any atom is -0.449 e. The van der Waals surface area contributed by atoms with Crippen molar-refractivity contribution in [2.75, 3.05) is 25.1 Å². The van der Waals surface area contributed by atoms with Gasteiger partial charge in [0.05, 0.1) is 34.9 Å². The number of pyridine rings is 1. The third kappa shape index (κ3) is 3.13. The van der Waals surface area contributed by atoms with Crippen LogP contribution in [0, 0.1) is 5.82 Å². The van der Waals surface area contributed by atoms with Crippen molar-refractivity contribution >= 4 is 22.7 Å². The number of benzene rings is 1. The first kappa shape index (κ1) is 17.7. The zero-order chi connectivity index (χ0) is 19.3. The smallest absolute Gasteiger partial charge is 0.449 e. The molecule has 8 nitrogen and oxygen atoms in total. The van der Waals surface area contributed by atoms with Crippen molar-refractivity contribution < 1.29 is 23.8 Å². The third-order valence-corrected chi connectivity index (χ3v) is 5.16. The Labute approximate surface area is 153 Å². The number of nitrogens with two attached hydrogens (primary N) is 1. The Hall–Kier alpha value is -2.65. The van der Waals surface area contributed by atoms with Crippen LogP contribution in [0.25, 0.3) is 10.9 Å². The Morgan fingerprint density at radius 1 is 1.33 bits per heavy atom. The van der Waals surface area contributed by atoms with Crippen molar-refractivity contribution in [2.24, 2.45) is 5.73 Å².